The maximum absolute atomic E-state index is 4.27. The summed E-state index contributed by atoms with van der Waals surface area (Å²) < 4.78 is 3.11. The van der Waals surface area contributed by atoms with E-state index < -0.39 is 0 Å². The molecule has 2 heterocycles. The lowest BCUT2D eigenvalue weighted by Crippen LogP contribution is -2.19. The van der Waals surface area contributed by atoms with Gasteiger partial charge in [-0.1, -0.05) is 12.1 Å². The number of nitrogens with one attached hydrogen (secondary N) is 1. The van der Waals surface area contributed by atoms with E-state index in [1.807, 2.05) is 17.9 Å². The van der Waals surface area contributed by atoms with Crippen molar-refractivity contribution in [3.05, 3.63) is 46.2 Å². The molecule has 0 aliphatic carbocycles. The third-order valence-electron chi connectivity index (χ3n) is 3.37. The summed E-state index contributed by atoms with van der Waals surface area (Å²) in [6.07, 6.45) is 2.98. The van der Waals surface area contributed by atoms with Crippen molar-refractivity contribution in [1.29, 1.82) is 0 Å². The fourth-order valence-corrected chi connectivity index (χ4v) is 3.07. The van der Waals surface area contributed by atoms with Crippen molar-refractivity contribution >= 4 is 21.6 Å². The van der Waals surface area contributed by atoms with Crippen LogP contribution >= 0.6 is 15.9 Å². The third-order valence-corrected chi connectivity index (χ3v) is 4.03. The number of halogens is 1. The number of benzene rings is 1. The van der Waals surface area contributed by atoms with Gasteiger partial charge in [-0.15, -0.1) is 0 Å². The van der Waals surface area contributed by atoms with Crippen LogP contribution < -0.4 is 5.32 Å². The number of hydrogen-bond donors (Lipinski definition) is 1. The number of para-hydroxylation sites is 1. The van der Waals surface area contributed by atoms with Crippen LogP contribution in [0.3, 0.4) is 0 Å². The molecular weight excluding hydrogens is 278 g/mol. The molecule has 1 aromatic heterocycles. The van der Waals surface area contributed by atoms with E-state index in [-0.39, 0.29) is 0 Å². The van der Waals surface area contributed by atoms with Crippen LogP contribution in [0.15, 0.2) is 34.9 Å². The molecular formula is C13H14BrN3. The van der Waals surface area contributed by atoms with Crippen LogP contribution in [0.25, 0.3) is 0 Å². The minimum Gasteiger partial charge on any atom is -0.384 e. The molecule has 4 heteroatoms. The largest absolute Gasteiger partial charge is 0.384 e. The SMILES string of the molecule is Cn1nccc1C1CCNc2c(Br)cccc21. The number of anilines is 1. The van der Waals surface area contributed by atoms with Crippen LogP contribution in [-0.2, 0) is 7.05 Å². The first kappa shape index (κ1) is 10.8. The van der Waals surface area contributed by atoms with Crippen molar-refractivity contribution in [3.63, 3.8) is 0 Å². The summed E-state index contributed by atoms with van der Waals surface area (Å²) in [7, 11) is 2.01. The zero-order valence-electron chi connectivity index (χ0n) is 9.65. The lowest BCUT2D eigenvalue weighted by atomic mass is 9.88. The molecule has 1 aliphatic rings. The van der Waals surface area contributed by atoms with Gasteiger partial charge in [-0.2, -0.15) is 5.10 Å². The topological polar surface area (TPSA) is 29.9 Å². The van der Waals surface area contributed by atoms with Crippen LogP contribution in [0.5, 0.6) is 0 Å². The molecule has 0 amide bonds. The highest BCUT2D eigenvalue weighted by atomic mass is 79.9. The van der Waals surface area contributed by atoms with Gasteiger partial charge in [0.25, 0.3) is 0 Å². The van der Waals surface area contributed by atoms with E-state index in [9.17, 15) is 0 Å². The predicted molar refractivity (Wildman–Crippen MR) is 72.3 cm³/mol. The number of hydrogen-bond acceptors (Lipinski definition) is 2. The number of aromatic nitrogens is 2. The summed E-state index contributed by atoms with van der Waals surface area (Å²) in [4.78, 5) is 0. The Morgan fingerprint density at radius 3 is 3.06 bits per heavy atom. The van der Waals surface area contributed by atoms with Gasteiger partial charge < -0.3 is 5.32 Å². The molecule has 1 unspecified atom stereocenters. The Bertz CT molecular complexity index is 547. The highest BCUT2D eigenvalue weighted by molar-refractivity contribution is 9.10. The highest BCUT2D eigenvalue weighted by Gasteiger charge is 2.24. The van der Waals surface area contributed by atoms with Crippen molar-refractivity contribution in [1.82, 2.24) is 9.78 Å². The van der Waals surface area contributed by atoms with E-state index in [4.69, 9.17) is 0 Å². The summed E-state index contributed by atoms with van der Waals surface area (Å²) in [6.45, 7) is 1.01. The van der Waals surface area contributed by atoms with Crippen LogP contribution in [0.1, 0.15) is 23.6 Å². The first-order chi connectivity index (χ1) is 8.27. The van der Waals surface area contributed by atoms with E-state index in [1.165, 1.54) is 16.9 Å². The van der Waals surface area contributed by atoms with Gasteiger partial charge >= 0.3 is 0 Å². The Balaban J connectivity index is 2.12. The molecule has 1 aliphatic heterocycles. The van der Waals surface area contributed by atoms with Crippen LogP contribution in [0.2, 0.25) is 0 Å². The molecule has 0 bridgehead atoms. The number of nitrogens with zero attached hydrogens (tertiary/aromatic N) is 2. The zero-order chi connectivity index (χ0) is 11.8. The van der Waals surface area contributed by atoms with Gasteiger partial charge in [0.2, 0.25) is 0 Å². The van der Waals surface area contributed by atoms with Gasteiger partial charge in [0, 0.05) is 35.9 Å². The van der Waals surface area contributed by atoms with Crippen LogP contribution in [0.4, 0.5) is 5.69 Å². The minimum atomic E-state index is 0.441. The monoisotopic (exact) mass is 291 g/mol. The third kappa shape index (κ3) is 1.76. The molecule has 1 aromatic carbocycles. The molecule has 3 rings (SSSR count). The molecule has 17 heavy (non-hydrogen) atoms. The Labute approximate surface area is 109 Å². The molecule has 1 N–H and O–H groups in total. The molecule has 2 aromatic rings. The first-order valence-corrected chi connectivity index (χ1v) is 6.57. The van der Waals surface area contributed by atoms with E-state index in [1.54, 1.807) is 0 Å². The lowest BCUT2D eigenvalue weighted by molar-refractivity contribution is 0.626. The van der Waals surface area contributed by atoms with Crippen LogP contribution in [-0.4, -0.2) is 16.3 Å². The van der Waals surface area contributed by atoms with Gasteiger partial charge in [0.05, 0.1) is 5.69 Å². The summed E-state index contributed by atoms with van der Waals surface area (Å²) in [5.41, 5.74) is 3.87. The first-order valence-electron chi connectivity index (χ1n) is 5.77. The Kier molecular flexibility index (Phi) is 2.67. The number of aryl methyl sites for hydroxylation is 1. The average molecular weight is 292 g/mol. The van der Waals surface area contributed by atoms with Crippen molar-refractivity contribution in [2.24, 2.45) is 7.05 Å². The summed E-state index contributed by atoms with van der Waals surface area (Å²) in [5, 5.41) is 7.74. The van der Waals surface area contributed by atoms with E-state index in [0.717, 1.165) is 17.4 Å². The second kappa shape index (κ2) is 4.18. The fourth-order valence-electron chi connectivity index (χ4n) is 2.55. The quantitative estimate of drug-likeness (QED) is 0.875. The van der Waals surface area contributed by atoms with E-state index in [0.29, 0.717) is 5.92 Å². The normalized spacial score (nSPS) is 18.6. The Hall–Kier alpha value is -1.29. The zero-order valence-corrected chi connectivity index (χ0v) is 11.2. The van der Waals surface area contributed by atoms with Gasteiger partial charge in [-0.25, -0.2) is 0 Å². The van der Waals surface area contributed by atoms with Gasteiger partial charge in [-0.05, 0) is 40.0 Å². The predicted octanol–water partition coefficient (Wildman–Crippen LogP) is 3.13. The van der Waals surface area contributed by atoms with Crippen molar-refractivity contribution in [2.45, 2.75) is 12.3 Å². The molecule has 88 valence electrons. The molecule has 3 nitrogen and oxygen atoms in total. The van der Waals surface area contributed by atoms with Crippen molar-refractivity contribution in [2.75, 3.05) is 11.9 Å². The molecule has 0 fully saturated rings. The second-order valence-electron chi connectivity index (χ2n) is 4.35. The molecule has 0 saturated carbocycles. The van der Waals surface area contributed by atoms with Gasteiger partial charge in [0.1, 0.15) is 0 Å². The minimum absolute atomic E-state index is 0.441. The van der Waals surface area contributed by atoms with Crippen LogP contribution in [0, 0.1) is 0 Å². The van der Waals surface area contributed by atoms with Crippen molar-refractivity contribution in [3.8, 4) is 0 Å². The smallest absolute Gasteiger partial charge is 0.0524 e. The molecule has 0 saturated heterocycles. The standard InChI is InChI=1S/C13H14BrN3/c1-17-12(6-8-16-17)9-5-7-15-13-10(9)3-2-4-11(13)14/h2-4,6,8-9,15H,5,7H2,1H3. The molecule has 0 spiro atoms. The molecule has 1 atom stereocenters. The summed E-state index contributed by atoms with van der Waals surface area (Å²) >= 11 is 3.61. The average Bonchev–Trinajstić information content (AvgIpc) is 2.75. The van der Waals surface area contributed by atoms with Gasteiger partial charge in [0.15, 0.2) is 0 Å². The van der Waals surface area contributed by atoms with Crippen molar-refractivity contribution < 1.29 is 0 Å². The summed E-state index contributed by atoms with van der Waals surface area (Å²) in [6, 6.07) is 8.49. The lowest BCUT2D eigenvalue weighted by Gasteiger charge is -2.27. The van der Waals surface area contributed by atoms with E-state index in [2.05, 4.69) is 50.6 Å². The number of fused-ring (bicyclic) bond motifs is 1. The maximum atomic E-state index is 4.27. The van der Waals surface area contributed by atoms with Gasteiger partial charge in [-0.3, -0.25) is 4.68 Å². The fraction of sp³-hybridized carbons (Fsp3) is 0.308. The molecule has 0 radical (unpaired) electrons. The van der Waals surface area contributed by atoms with E-state index >= 15 is 0 Å². The Morgan fingerprint density at radius 2 is 2.29 bits per heavy atom. The highest BCUT2D eigenvalue weighted by Crippen LogP contribution is 2.39. The second-order valence-corrected chi connectivity index (χ2v) is 5.21. The Morgan fingerprint density at radius 1 is 1.41 bits per heavy atom. The maximum Gasteiger partial charge on any atom is 0.0524 e. The summed E-state index contributed by atoms with van der Waals surface area (Å²) in [5.74, 6) is 0.441. The number of rotatable bonds is 1.